The first-order valence-corrected chi connectivity index (χ1v) is 11.0. The molecule has 148 valence electrons. The van der Waals surface area contributed by atoms with Crippen LogP contribution in [0.5, 0.6) is 0 Å². The first-order valence-electron chi connectivity index (χ1n) is 9.46. The van der Waals surface area contributed by atoms with Crippen LogP contribution in [0.2, 0.25) is 0 Å². The fourth-order valence-electron chi connectivity index (χ4n) is 3.48. The van der Waals surface area contributed by atoms with Crippen LogP contribution in [0.3, 0.4) is 0 Å². The molecule has 0 radical (unpaired) electrons. The Morgan fingerprint density at radius 1 is 1.11 bits per heavy atom. The number of aryl methyl sites for hydroxylation is 2. The molecule has 3 rings (SSSR count). The Bertz CT molecular complexity index is 909. The molecule has 2 aromatic carbocycles. The highest BCUT2D eigenvalue weighted by atomic mass is 32.2. The van der Waals surface area contributed by atoms with E-state index in [2.05, 4.69) is 17.4 Å². The summed E-state index contributed by atoms with van der Waals surface area (Å²) in [6.45, 7) is 1.54. The minimum absolute atomic E-state index is 0.172. The number of amides is 1. The van der Waals surface area contributed by atoms with Crippen LogP contribution < -0.4 is 5.32 Å². The lowest BCUT2D eigenvalue weighted by Crippen LogP contribution is -2.31. The average Bonchev–Trinajstić information content (AvgIpc) is 2.71. The maximum Gasteiger partial charge on any atom is 0.339 e. The van der Waals surface area contributed by atoms with Gasteiger partial charge in [0.1, 0.15) is 0 Å². The number of fused-ring (bicyclic) bond motifs is 1. The van der Waals surface area contributed by atoms with Gasteiger partial charge >= 0.3 is 5.97 Å². The second-order valence-electron chi connectivity index (χ2n) is 7.05. The van der Waals surface area contributed by atoms with Crippen LogP contribution in [0.15, 0.2) is 47.4 Å². The third-order valence-corrected chi connectivity index (χ3v) is 5.98. The van der Waals surface area contributed by atoms with E-state index in [4.69, 9.17) is 4.74 Å². The van der Waals surface area contributed by atoms with Crippen LogP contribution in [0.1, 0.15) is 52.9 Å². The van der Waals surface area contributed by atoms with E-state index in [1.54, 1.807) is 24.3 Å². The Hall–Kier alpha value is -2.47. The molecule has 5 nitrogen and oxygen atoms in total. The largest absolute Gasteiger partial charge is 0.452 e. The van der Waals surface area contributed by atoms with Gasteiger partial charge in [0.2, 0.25) is 0 Å². The van der Waals surface area contributed by atoms with E-state index in [1.807, 2.05) is 13.0 Å². The molecule has 0 aliphatic heterocycles. The molecule has 0 saturated carbocycles. The number of ether oxygens (including phenoxy) is 1. The van der Waals surface area contributed by atoms with Crippen molar-refractivity contribution in [1.29, 1.82) is 0 Å². The standard InChI is InChI=1S/C22H25NO4S/c1-15(17-12-11-16-7-3-4-8-18(16)13-17)23-21(24)14-27-22(25)19-9-5-6-10-20(19)28(2)26/h5-6,9-13,15H,3-4,7-8,14H2,1-2H3,(H,23,24)/t15-,28-/m1/s1. The summed E-state index contributed by atoms with van der Waals surface area (Å²) in [4.78, 5) is 24.9. The normalized spacial score (nSPS) is 15.2. The molecule has 0 bridgehead atoms. The number of carbonyl (C=O) groups is 2. The number of esters is 1. The molecule has 2 atom stereocenters. The summed E-state index contributed by atoms with van der Waals surface area (Å²) in [6, 6.07) is 12.7. The smallest absolute Gasteiger partial charge is 0.339 e. The molecule has 0 saturated heterocycles. The minimum Gasteiger partial charge on any atom is -0.452 e. The van der Waals surface area contributed by atoms with Crippen molar-refractivity contribution >= 4 is 22.7 Å². The van der Waals surface area contributed by atoms with Crippen molar-refractivity contribution < 1.29 is 18.5 Å². The van der Waals surface area contributed by atoms with Gasteiger partial charge in [0.25, 0.3) is 5.91 Å². The Morgan fingerprint density at radius 2 is 1.82 bits per heavy atom. The molecule has 6 heteroatoms. The van der Waals surface area contributed by atoms with Gasteiger partial charge in [-0.1, -0.05) is 30.3 Å². The Kier molecular flexibility index (Phi) is 6.62. The molecule has 0 aromatic heterocycles. The van der Waals surface area contributed by atoms with Crippen LogP contribution in [-0.4, -0.2) is 28.9 Å². The lowest BCUT2D eigenvalue weighted by Gasteiger charge is -2.20. The number of hydrogen-bond acceptors (Lipinski definition) is 4. The summed E-state index contributed by atoms with van der Waals surface area (Å²) in [6.07, 6.45) is 6.14. The summed E-state index contributed by atoms with van der Waals surface area (Å²) in [5, 5.41) is 2.87. The van der Waals surface area contributed by atoms with E-state index in [9.17, 15) is 13.8 Å². The number of nitrogens with one attached hydrogen (secondary N) is 1. The summed E-state index contributed by atoms with van der Waals surface area (Å²) in [7, 11) is -1.31. The van der Waals surface area contributed by atoms with Crippen molar-refractivity contribution in [2.45, 2.75) is 43.5 Å². The van der Waals surface area contributed by atoms with Gasteiger partial charge in [-0.3, -0.25) is 9.00 Å². The van der Waals surface area contributed by atoms with Gasteiger partial charge < -0.3 is 10.1 Å². The van der Waals surface area contributed by atoms with Gasteiger partial charge in [-0.15, -0.1) is 0 Å². The van der Waals surface area contributed by atoms with Crippen LogP contribution in [0, 0.1) is 0 Å². The van der Waals surface area contributed by atoms with Crippen molar-refractivity contribution in [2.75, 3.05) is 12.9 Å². The molecular formula is C22H25NO4S. The summed E-state index contributed by atoms with van der Waals surface area (Å²) < 4.78 is 16.9. The van der Waals surface area contributed by atoms with E-state index in [0.29, 0.717) is 4.90 Å². The first kappa shape index (κ1) is 20.3. The number of hydrogen-bond donors (Lipinski definition) is 1. The molecule has 2 aromatic rings. The third-order valence-electron chi connectivity index (χ3n) is 5.00. The number of rotatable bonds is 6. The zero-order valence-electron chi connectivity index (χ0n) is 16.2. The lowest BCUT2D eigenvalue weighted by molar-refractivity contribution is -0.124. The average molecular weight is 400 g/mol. The summed E-state index contributed by atoms with van der Waals surface area (Å²) in [5.74, 6) is -1.02. The van der Waals surface area contributed by atoms with Crippen molar-refractivity contribution in [1.82, 2.24) is 5.32 Å². The Balaban J connectivity index is 1.57. The quantitative estimate of drug-likeness (QED) is 0.756. The lowest BCUT2D eigenvalue weighted by atomic mass is 9.89. The van der Waals surface area contributed by atoms with Crippen molar-refractivity contribution in [2.24, 2.45) is 0 Å². The van der Waals surface area contributed by atoms with E-state index in [1.165, 1.54) is 30.2 Å². The molecule has 0 heterocycles. The minimum atomic E-state index is -1.31. The van der Waals surface area contributed by atoms with Crippen LogP contribution >= 0.6 is 0 Å². The molecule has 0 spiro atoms. The Morgan fingerprint density at radius 3 is 2.57 bits per heavy atom. The molecule has 0 fully saturated rings. The van der Waals surface area contributed by atoms with Gasteiger partial charge in [0, 0.05) is 6.26 Å². The predicted molar refractivity (Wildman–Crippen MR) is 109 cm³/mol. The maximum absolute atomic E-state index is 12.3. The van der Waals surface area contributed by atoms with E-state index in [0.717, 1.165) is 18.4 Å². The topological polar surface area (TPSA) is 72.5 Å². The van der Waals surface area contributed by atoms with Crippen LogP contribution in [-0.2, 0) is 33.2 Å². The summed E-state index contributed by atoms with van der Waals surface area (Å²) in [5.41, 5.74) is 4.03. The SMILES string of the molecule is C[C@@H](NC(=O)COC(=O)c1ccccc1[S@@](C)=O)c1ccc2c(c1)CCCC2. The molecule has 28 heavy (non-hydrogen) atoms. The highest BCUT2D eigenvalue weighted by molar-refractivity contribution is 7.84. The number of carbonyl (C=O) groups excluding carboxylic acids is 2. The highest BCUT2D eigenvalue weighted by Gasteiger charge is 2.18. The van der Waals surface area contributed by atoms with Crippen LogP contribution in [0.4, 0.5) is 0 Å². The molecule has 0 unspecified atom stereocenters. The Labute approximate surface area is 167 Å². The van der Waals surface area contributed by atoms with E-state index in [-0.39, 0.29) is 24.1 Å². The molecule has 1 amide bonds. The molecular weight excluding hydrogens is 374 g/mol. The van der Waals surface area contributed by atoms with Gasteiger partial charge in [0.15, 0.2) is 6.61 Å². The highest BCUT2D eigenvalue weighted by Crippen LogP contribution is 2.24. The molecule has 1 aliphatic carbocycles. The fraction of sp³-hybridized carbons (Fsp3) is 0.364. The zero-order chi connectivity index (χ0) is 20.1. The van der Waals surface area contributed by atoms with Crippen molar-refractivity contribution in [3.05, 3.63) is 64.7 Å². The van der Waals surface area contributed by atoms with Crippen molar-refractivity contribution in [3.8, 4) is 0 Å². The van der Waals surface area contributed by atoms with Gasteiger partial charge in [-0.2, -0.15) is 0 Å². The molecule has 1 aliphatic rings. The zero-order valence-corrected chi connectivity index (χ0v) is 17.0. The molecule has 1 N–H and O–H groups in total. The third kappa shape index (κ3) is 4.87. The van der Waals surface area contributed by atoms with Gasteiger partial charge in [-0.25, -0.2) is 4.79 Å². The monoisotopic (exact) mass is 399 g/mol. The van der Waals surface area contributed by atoms with Gasteiger partial charge in [0.05, 0.1) is 27.3 Å². The summed E-state index contributed by atoms with van der Waals surface area (Å²) >= 11 is 0. The van der Waals surface area contributed by atoms with E-state index < -0.39 is 16.8 Å². The number of benzene rings is 2. The van der Waals surface area contributed by atoms with Crippen molar-refractivity contribution in [3.63, 3.8) is 0 Å². The second-order valence-corrected chi connectivity index (χ2v) is 8.40. The fourth-order valence-corrected chi connectivity index (χ4v) is 4.22. The maximum atomic E-state index is 12.3. The first-order chi connectivity index (χ1) is 13.5. The van der Waals surface area contributed by atoms with Gasteiger partial charge in [-0.05, 0) is 61.4 Å². The predicted octanol–water partition coefficient (Wildman–Crippen LogP) is 3.34. The van der Waals surface area contributed by atoms with E-state index >= 15 is 0 Å². The van der Waals surface area contributed by atoms with Crippen LogP contribution in [0.25, 0.3) is 0 Å². The second kappa shape index (κ2) is 9.15.